The van der Waals surface area contributed by atoms with Gasteiger partial charge in [0.2, 0.25) is 0 Å². The molecule has 1 saturated heterocycles. The Kier molecular flexibility index (Phi) is 4.66. The van der Waals surface area contributed by atoms with Crippen molar-refractivity contribution in [3.63, 3.8) is 0 Å². The quantitative estimate of drug-likeness (QED) is 0.849. The lowest BCUT2D eigenvalue weighted by Crippen LogP contribution is -2.50. The molecular weight excluding hydrogens is 264 g/mol. The van der Waals surface area contributed by atoms with Gasteiger partial charge in [-0.05, 0) is 38.2 Å². The number of nitrogens with zero attached hydrogens (tertiary/aromatic N) is 2. The van der Waals surface area contributed by atoms with Crippen LogP contribution in [0.2, 0.25) is 5.02 Å². The van der Waals surface area contributed by atoms with Crippen LogP contribution in [0.15, 0.2) is 24.3 Å². The Morgan fingerprint density at radius 3 is 2.37 bits per heavy atom. The zero-order valence-electron chi connectivity index (χ0n) is 11.3. The number of hydrogen-bond donors (Lipinski definition) is 0. The maximum atomic E-state index is 12.2. The van der Waals surface area contributed by atoms with Crippen molar-refractivity contribution < 1.29 is 9.53 Å². The molecule has 0 aromatic heterocycles. The molecule has 1 atom stereocenters. The Morgan fingerprint density at radius 1 is 1.21 bits per heavy atom. The number of benzene rings is 1. The molecule has 19 heavy (non-hydrogen) atoms. The van der Waals surface area contributed by atoms with E-state index in [0.29, 0.717) is 10.8 Å². The van der Waals surface area contributed by atoms with Crippen molar-refractivity contribution >= 4 is 17.5 Å². The largest absolute Gasteiger partial charge is 0.481 e. The molecule has 0 radical (unpaired) electrons. The molecule has 1 heterocycles. The highest BCUT2D eigenvalue weighted by Gasteiger charge is 2.24. The minimum absolute atomic E-state index is 0.0445. The van der Waals surface area contributed by atoms with Gasteiger partial charge in [-0.3, -0.25) is 4.79 Å². The molecule has 104 valence electrons. The number of carbonyl (C=O) groups is 1. The molecule has 0 spiro atoms. The zero-order chi connectivity index (χ0) is 13.8. The van der Waals surface area contributed by atoms with Gasteiger partial charge in [-0.2, -0.15) is 0 Å². The Balaban J connectivity index is 1.90. The summed E-state index contributed by atoms with van der Waals surface area (Å²) in [6, 6.07) is 7.06. The second-order valence-corrected chi connectivity index (χ2v) is 5.28. The van der Waals surface area contributed by atoms with E-state index in [1.807, 2.05) is 4.90 Å². The maximum Gasteiger partial charge on any atom is 0.263 e. The third-order valence-electron chi connectivity index (χ3n) is 3.29. The molecule has 0 N–H and O–H groups in total. The predicted molar refractivity (Wildman–Crippen MR) is 75.6 cm³/mol. The number of hydrogen-bond acceptors (Lipinski definition) is 3. The number of carbonyl (C=O) groups excluding carboxylic acids is 1. The fourth-order valence-electron chi connectivity index (χ4n) is 2.05. The molecule has 0 unspecified atom stereocenters. The second-order valence-electron chi connectivity index (χ2n) is 4.84. The summed E-state index contributed by atoms with van der Waals surface area (Å²) in [6.45, 7) is 5.15. The van der Waals surface area contributed by atoms with Crippen molar-refractivity contribution in [2.24, 2.45) is 0 Å². The van der Waals surface area contributed by atoms with E-state index in [2.05, 4.69) is 11.9 Å². The topological polar surface area (TPSA) is 32.8 Å². The Morgan fingerprint density at radius 2 is 1.79 bits per heavy atom. The van der Waals surface area contributed by atoms with E-state index >= 15 is 0 Å². The van der Waals surface area contributed by atoms with E-state index in [4.69, 9.17) is 16.3 Å². The van der Waals surface area contributed by atoms with Gasteiger partial charge < -0.3 is 14.5 Å². The summed E-state index contributed by atoms with van der Waals surface area (Å²) in [5.41, 5.74) is 0. The molecule has 0 aliphatic carbocycles. The van der Waals surface area contributed by atoms with Crippen molar-refractivity contribution in [1.29, 1.82) is 0 Å². The minimum atomic E-state index is -0.468. The molecule has 1 aliphatic rings. The molecule has 2 rings (SSSR count). The first kappa shape index (κ1) is 14.2. The Hall–Kier alpha value is -1.26. The molecule has 1 aliphatic heterocycles. The van der Waals surface area contributed by atoms with E-state index in [0.717, 1.165) is 26.2 Å². The standard InChI is InChI=1S/C14H19ClN2O2/c1-11(19-13-5-3-12(15)4-6-13)14(18)17-9-7-16(2)8-10-17/h3-6,11H,7-10H2,1-2H3/t11-/m1/s1. The van der Waals surface area contributed by atoms with Gasteiger partial charge in [0.15, 0.2) is 6.10 Å². The summed E-state index contributed by atoms with van der Waals surface area (Å²) in [6.07, 6.45) is -0.468. The summed E-state index contributed by atoms with van der Waals surface area (Å²) in [7, 11) is 2.06. The van der Waals surface area contributed by atoms with Crippen molar-refractivity contribution in [2.45, 2.75) is 13.0 Å². The van der Waals surface area contributed by atoms with Gasteiger partial charge in [0.1, 0.15) is 5.75 Å². The van der Waals surface area contributed by atoms with Crippen LogP contribution in [-0.4, -0.2) is 55.0 Å². The summed E-state index contributed by atoms with van der Waals surface area (Å²) in [4.78, 5) is 16.3. The highest BCUT2D eigenvalue weighted by Crippen LogP contribution is 2.17. The number of amides is 1. The first-order chi connectivity index (χ1) is 9.06. The van der Waals surface area contributed by atoms with E-state index < -0.39 is 6.10 Å². The van der Waals surface area contributed by atoms with Crippen LogP contribution in [0.5, 0.6) is 5.75 Å². The van der Waals surface area contributed by atoms with Gasteiger partial charge in [-0.1, -0.05) is 11.6 Å². The number of ether oxygens (including phenoxy) is 1. The van der Waals surface area contributed by atoms with Crippen LogP contribution in [0.3, 0.4) is 0 Å². The SMILES string of the molecule is C[C@@H](Oc1ccc(Cl)cc1)C(=O)N1CCN(C)CC1. The summed E-state index contributed by atoms with van der Waals surface area (Å²) in [5.74, 6) is 0.711. The highest BCUT2D eigenvalue weighted by molar-refractivity contribution is 6.30. The minimum Gasteiger partial charge on any atom is -0.481 e. The van der Waals surface area contributed by atoms with Gasteiger partial charge in [0.25, 0.3) is 5.91 Å². The van der Waals surface area contributed by atoms with Crippen molar-refractivity contribution in [1.82, 2.24) is 9.80 Å². The monoisotopic (exact) mass is 282 g/mol. The van der Waals surface area contributed by atoms with Gasteiger partial charge in [-0.25, -0.2) is 0 Å². The fraction of sp³-hybridized carbons (Fsp3) is 0.500. The number of piperazine rings is 1. The van der Waals surface area contributed by atoms with Crippen molar-refractivity contribution in [2.75, 3.05) is 33.2 Å². The van der Waals surface area contributed by atoms with Gasteiger partial charge in [0, 0.05) is 31.2 Å². The molecule has 5 heteroatoms. The smallest absolute Gasteiger partial charge is 0.263 e. The average Bonchev–Trinajstić information content (AvgIpc) is 2.41. The fourth-order valence-corrected chi connectivity index (χ4v) is 2.18. The lowest BCUT2D eigenvalue weighted by molar-refractivity contribution is -0.139. The van der Waals surface area contributed by atoms with Crippen LogP contribution in [0.1, 0.15) is 6.92 Å². The van der Waals surface area contributed by atoms with Crippen LogP contribution in [0.25, 0.3) is 0 Å². The van der Waals surface area contributed by atoms with Gasteiger partial charge in [-0.15, -0.1) is 0 Å². The molecular formula is C14H19ClN2O2. The molecule has 4 nitrogen and oxygen atoms in total. The Labute approximate surface area is 118 Å². The maximum absolute atomic E-state index is 12.2. The first-order valence-corrected chi connectivity index (χ1v) is 6.83. The Bertz CT molecular complexity index is 428. The number of halogens is 1. The molecule has 0 saturated carbocycles. The molecule has 1 fully saturated rings. The molecule has 1 amide bonds. The van der Waals surface area contributed by atoms with Crippen molar-refractivity contribution in [3.05, 3.63) is 29.3 Å². The van der Waals surface area contributed by atoms with E-state index in [-0.39, 0.29) is 5.91 Å². The third-order valence-corrected chi connectivity index (χ3v) is 3.54. The lowest BCUT2D eigenvalue weighted by Gasteiger charge is -2.33. The highest BCUT2D eigenvalue weighted by atomic mass is 35.5. The molecule has 1 aromatic rings. The van der Waals surface area contributed by atoms with Gasteiger partial charge >= 0.3 is 0 Å². The van der Waals surface area contributed by atoms with E-state index in [1.165, 1.54) is 0 Å². The summed E-state index contributed by atoms with van der Waals surface area (Å²) in [5, 5.41) is 0.658. The second kappa shape index (κ2) is 6.26. The molecule has 1 aromatic carbocycles. The molecule has 0 bridgehead atoms. The van der Waals surface area contributed by atoms with Crippen LogP contribution >= 0.6 is 11.6 Å². The third kappa shape index (κ3) is 3.85. The van der Waals surface area contributed by atoms with E-state index in [1.54, 1.807) is 31.2 Å². The zero-order valence-corrected chi connectivity index (χ0v) is 12.1. The van der Waals surface area contributed by atoms with Crippen LogP contribution in [0.4, 0.5) is 0 Å². The van der Waals surface area contributed by atoms with Crippen molar-refractivity contribution in [3.8, 4) is 5.75 Å². The van der Waals surface area contributed by atoms with Crippen LogP contribution in [0, 0.1) is 0 Å². The summed E-state index contributed by atoms with van der Waals surface area (Å²) < 4.78 is 5.65. The van der Waals surface area contributed by atoms with Crippen LogP contribution < -0.4 is 4.74 Å². The number of rotatable bonds is 3. The summed E-state index contributed by atoms with van der Waals surface area (Å²) >= 11 is 5.81. The lowest BCUT2D eigenvalue weighted by atomic mass is 10.2. The van der Waals surface area contributed by atoms with Crippen LogP contribution in [-0.2, 0) is 4.79 Å². The normalized spacial score (nSPS) is 18.2. The predicted octanol–water partition coefficient (Wildman–Crippen LogP) is 1.88. The first-order valence-electron chi connectivity index (χ1n) is 6.46. The number of likely N-dealkylation sites (N-methyl/N-ethyl adjacent to an activating group) is 1. The average molecular weight is 283 g/mol. The van der Waals surface area contributed by atoms with E-state index in [9.17, 15) is 4.79 Å². The van der Waals surface area contributed by atoms with Gasteiger partial charge in [0.05, 0.1) is 0 Å².